The summed E-state index contributed by atoms with van der Waals surface area (Å²) in [7, 11) is 0. The molecule has 7 heteroatoms. The molecule has 0 unspecified atom stereocenters. The van der Waals surface area contributed by atoms with Gasteiger partial charge < -0.3 is 24.3 Å². The molecule has 4 heterocycles. The van der Waals surface area contributed by atoms with Gasteiger partial charge >= 0.3 is 0 Å². The molecule has 31 heavy (non-hydrogen) atoms. The van der Waals surface area contributed by atoms with Gasteiger partial charge in [0.05, 0.1) is 5.52 Å². The Morgan fingerprint density at radius 1 is 1.00 bits per heavy atom. The standard InChI is InChI=1S/C24H28N4O3/c29-24-20(16-26-15-18-5-4-6-25-14-18)11-19-12-22-23(31-17-30-22)13-21(19)28(24)10-9-27-7-2-1-3-8-27/h4-6,11-14,26H,1-3,7-10,15-17H2. The second-order valence-electron chi connectivity index (χ2n) is 8.26. The summed E-state index contributed by atoms with van der Waals surface area (Å²) in [5, 5.41) is 4.39. The Morgan fingerprint density at radius 3 is 2.65 bits per heavy atom. The average Bonchev–Trinajstić information content (AvgIpc) is 3.26. The summed E-state index contributed by atoms with van der Waals surface area (Å²) in [6, 6.07) is 9.86. The van der Waals surface area contributed by atoms with E-state index < -0.39 is 0 Å². The third kappa shape index (κ3) is 4.43. The number of nitrogens with one attached hydrogen (secondary N) is 1. The first-order valence-electron chi connectivity index (χ1n) is 11.1. The monoisotopic (exact) mass is 420 g/mol. The molecule has 162 valence electrons. The quantitative estimate of drug-likeness (QED) is 0.634. The first kappa shape index (κ1) is 20.0. The Balaban J connectivity index is 1.43. The van der Waals surface area contributed by atoms with Crippen LogP contribution in [0.15, 0.2) is 47.5 Å². The SMILES string of the molecule is O=c1c(CNCc2cccnc2)cc2cc3c(cc2n1CCN1CCCCC1)OCO3. The summed E-state index contributed by atoms with van der Waals surface area (Å²) in [5.74, 6) is 1.45. The minimum Gasteiger partial charge on any atom is -0.454 e. The lowest BCUT2D eigenvalue weighted by molar-refractivity contribution is 0.174. The normalized spacial score (nSPS) is 16.1. The number of rotatable bonds is 7. The predicted octanol–water partition coefficient (Wildman–Crippen LogP) is 2.90. The molecule has 1 aromatic carbocycles. The Bertz CT molecular complexity index is 1110. The Hall–Kier alpha value is -2.90. The number of aromatic nitrogens is 2. The van der Waals surface area contributed by atoms with Gasteiger partial charge in [0.2, 0.25) is 6.79 Å². The van der Waals surface area contributed by atoms with Gasteiger partial charge in [0, 0.05) is 55.6 Å². The highest BCUT2D eigenvalue weighted by Crippen LogP contribution is 2.35. The molecule has 0 spiro atoms. The van der Waals surface area contributed by atoms with Crippen LogP contribution in [0.3, 0.4) is 0 Å². The molecule has 0 radical (unpaired) electrons. The lowest BCUT2D eigenvalue weighted by atomic mass is 10.1. The van der Waals surface area contributed by atoms with Gasteiger partial charge in [-0.25, -0.2) is 0 Å². The number of fused-ring (bicyclic) bond motifs is 2. The molecule has 7 nitrogen and oxygen atoms in total. The third-order valence-electron chi connectivity index (χ3n) is 6.12. The first-order valence-corrected chi connectivity index (χ1v) is 11.1. The number of benzene rings is 1. The van der Waals surface area contributed by atoms with Gasteiger partial charge in [-0.15, -0.1) is 0 Å². The van der Waals surface area contributed by atoms with E-state index >= 15 is 0 Å². The highest BCUT2D eigenvalue weighted by molar-refractivity contribution is 5.84. The van der Waals surface area contributed by atoms with Crippen molar-refractivity contribution in [3.8, 4) is 11.5 Å². The summed E-state index contributed by atoms with van der Waals surface area (Å²) < 4.78 is 13.1. The van der Waals surface area contributed by atoms with Crippen LogP contribution in [0, 0.1) is 0 Å². The zero-order chi connectivity index (χ0) is 21.0. The van der Waals surface area contributed by atoms with E-state index in [1.54, 1.807) is 6.20 Å². The largest absolute Gasteiger partial charge is 0.454 e. The number of likely N-dealkylation sites (tertiary alicyclic amines) is 1. The molecule has 1 fully saturated rings. The Kier molecular flexibility index (Phi) is 5.86. The third-order valence-corrected chi connectivity index (χ3v) is 6.12. The van der Waals surface area contributed by atoms with Crippen LogP contribution in [-0.2, 0) is 19.6 Å². The Labute approximate surface area is 181 Å². The maximum absolute atomic E-state index is 13.4. The second kappa shape index (κ2) is 9.08. The van der Waals surface area contributed by atoms with Gasteiger partial charge in [-0.1, -0.05) is 12.5 Å². The lowest BCUT2D eigenvalue weighted by Crippen LogP contribution is -2.36. The molecular formula is C24H28N4O3. The predicted molar refractivity (Wildman–Crippen MR) is 119 cm³/mol. The van der Waals surface area contributed by atoms with E-state index in [1.807, 2.05) is 41.1 Å². The van der Waals surface area contributed by atoms with Crippen LogP contribution in [0.5, 0.6) is 11.5 Å². The average molecular weight is 421 g/mol. The van der Waals surface area contributed by atoms with Crippen LogP contribution in [0.1, 0.15) is 30.4 Å². The summed E-state index contributed by atoms with van der Waals surface area (Å²) >= 11 is 0. The van der Waals surface area contributed by atoms with Crippen molar-refractivity contribution in [1.82, 2.24) is 19.8 Å². The fraction of sp³-hybridized carbons (Fsp3) is 0.417. The maximum atomic E-state index is 13.4. The number of piperidine rings is 1. The highest BCUT2D eigenvalue weighted by Gasteiger charge is 2.19. The highest BCUT2D eigenvalue weighted by atomic mass is 16.7. The number of nitrogens with zero attached hydrogens (tertiary/aromatic N) is 3. The van der Waals surface area contributed by atoms with Crippen molar-refractivity contribution in [2.45, 2.75) is 38.9 Å². The number of pyridine rings is 2. The minimum absolute atomic E-state index is 0.0575. The fourth-order valence-electron chi connectivity index (χ4n) is 4.45. The van der Waals surface area contributed by atoms with Crippen molar-refractivity contribution in [2.24, 2.45) is 0 Å². The van der Waals surface area contributed by atoms with Crippen molar-refractivity contribution in [3.63, 3.8) is 0 Å². The Morgan fingerprint density at radius 2 is 1.84 bits per heavy atom. The second-order valence-corrected chi connectivity index (χ2v) is 8.26. The number of ether oxygens (including phenoxy) is 2. The van der Waals surface area contributed by atoms with E-state index in [0.717, 1.165) is 47.4 Å². The molecule has 2 aliphatic heterocycles. The molecule has 5 rings (SSSR count). The molecule has 0 bridgehead atoms. The van der Waals surface area contributed by atoms with Crippen molar-refractivity contribution in [3.05, 3.63) is 64.2 Å². The van der Waals surface area contributed by atoms with Crippen molar-refractivity contribution in [1.29, 1.82) is 0 Å². The zero-order valence-corrected chi connectivity index (χ0v) is 17.7. The number of hydrogen-bond donors (Lipinski definition) is 1. The van der Waals surface area contributed by atoms with E-state index in [-0.39, 0.29) is 12.4 Å². The summed E-state index contributed by atoms with van der Waals surface area (Å²) in [6.45, 7) is 5.18. The zero-order valence-electron chi connectivity index (χ0n) is 17.7. The van der Waals surface area contributed by atoms with Crippen molar-refractivity contribution >= 4 is 10.9 Å². The van der Waals surface area contributed by atoms with Crippen molar-refractivity contribution in [2.75, 3.05) is 26.4 Å². The van der Waals surface area contributed by atoms with Crippen LogP contribution in [0.2, 0.25) is 0 Å². The van der Waals surface area contributed by atoms with E-state index in [4.69, 9.17) is 9.47 Å². The molecule has 1 N–H and O–H groups in total. The molecule has 0 atom stereocenters. The van der Waals surface area contributed by atoms with Gasteiger partial charge in [-0.2, -0.15) is 0 Å². The van der Waals surface area contributed by atoms with Gasteiger partial charge in [0.25, 0.3) is 5.56 Å². The smallest absolute Gasteiger partial charge is 0.255 e. The molecule has 1 saturated heterocycles. The van der Waals surface area contributed by atoms with E-state index in [1.165, 1.54) is 19.3 Å². The summed E-state index contributed by atoms with van der Waals surface area (Å²) in [5.41, 5.74) is 2.82. The fourth-order valence-corrected chi connectivity index (χ4v) is 4.45. The molecule has 3 aromatic rings. The summed E-state index contributed by atoms with van der Waals surface area (Å²) in [4.78, 5) is 20.0. The first-order chi connectivity index (χ1) is 15.3. The topological polar surface area (TPSA) is 68.6 Å². The van der Waals surface area contributed by atoms with Gasteiger partial charge in [0.15, 0.2) is 11.5 Å². The van der Waals surface area contributed by atoms with Gasteiger partial charge in [-0.3, -0.25) is 9.78 Å². The lowest BCUT2D eigenvalue weighted by Gasteiger charge is -2.27. The molecule has 2 aromatic heterocycles. The summed E-state index contributed by atoms with van der Waals surface area (Å²) in [6.07, 6.45) is 7.39. The van der Waals surface area contributed by atoms with Crippen LogP contribution in [0.25, 0.3) is 10.9 Å². The van der Waals surface area contributed by atoms with Gasteiger partial charge in [-0.05, 0) is 49.7 Å². The van der Waals surface area contributed by atoms with Gasteiger partial charge in [0.1, 0.15) is 0 Å². The molecule has 0 saturated carbocycles. The van der Waals surface area contributed by atoms with Crippen molar-refractivity contribution < 1.29 is 9.47 Å². The van der Waals surface area contributed by atoms with Crippen LogP contribution in [-0.4, -0.2) is 40.9 Å². The van der Waals surface area contributed by atoms with E-state index in [0.29, 0.717) is 25.4 Å². The van der Waals surface area contributed by atoms with Crippen LogP contribution >= 0.6 is 0 Å². The molecular weight excluding hydrogens is 392 g/mol. The van der Waals surface area contributed by atoms with Crippen LogP contribution in [0.4, 0.5) is 0 Å². The minimum atomic E-state index is 0.0575. The molecule has 2 aliphatic rings. The molecule has 0 amide bonds. The van der Waals surface area contributed by atoms with E-state index in [2.05, 4.69) is 15.2 Å². The maximum Gasteiger partial charge on any atom is 0.255 e. The number of hydrogen-bond acceptors (Lipinski definition) is 6. The van der Waals surface area contributed by atoms with Crippen LogP contribution < -0.4 is 20.3 Å². The van der Waals surface area contributed by atoms with E-state index in [9.17, 15) is 4.79 Å². The molecule has 0 aliphatic carbocycles.